The summed E-state index contributed by atoms with van der Waals surface area (Å²) in [6.45, 7) is 0.637. The molecule has 94 valence electrons. The van der Waals surface area contributed by atoms with Crippen molar-refractivity contribution in [1.82, 2.24) is 9.97 Å². The predicted octanol–water partition coefficient (Wildman–Crippen LogP) is 2.73. The molecule has 0 radical (unpaired) electrons. The van der Waals surface area contributed by atoms with Gasteiger partial charge in [0.25, 0.3) is 5.56 Å². The normalized spacial score (nSPS) is 10.3. The van der Waals surface area contributed by atoms with Crippen LogP contribution in [0.5, 0.6) is 0 Å². The number of H-pyrrole nitrogens is 1. The average Bonchev–Trinajstić information content (AvgIpc) is 2.32. The minimum atomic E-state index is -0.183. The molecule has 4 nitrogen and oxygen atoms in total. The van der Waals surface area contributed by atoms with Gasteiger partial charge in [-0.2, -0.15) is 0 Å². The van der Waals surface area contributed by atoms with Crippen LogP contribution in [-0.4, -0.2) is 16.5 Å². The van der Waals surface area contributed by atoms with Gasteiger partial charge in [0, 0.05) is 22.7 Å². The number of halogens is 2. The van der Waals surface area contributed by atoms with Crippen LogP contribution in [0, 0.1) is 0 Å². The van der Waals surface area contributed by atoms with Gasteiger partial charge in [-0.05, 0) is 24.1 Å². The molecule has 1 aromatic carbocycles. The second kappa shape index (κ2) is 5.89. The van der Waals surface area contributed by atoms with Crippen LogP contribution in [0.15, 0.2) is 35.4 Å². The van der Waals surface area contributed by atoms with Crippen LogP contribution in [0.1, 0.15) is 5.56 Å². The van der Waals surface area contributed by atoms with E-state index in [9.17, 15) is 4.79 Å². The number of benzene rings is 1. The van der Waals surface area contributed by atoms with E-state index in [-0.39, 0.29) is 5.56 Å². The van der Waals surface area contributed by atoms with Gasteiger partial charge in [-0.25, -0.2) is 4.98 Å². The lowest BCUT2D eigenvalue weighted by Crippen LogP contribution is -2.11. The summed E-state index contributed by atoms with van der Waals surface area (Å²) in [5.74, 6) is 0.545. The van der Waals surface area contributed by atoms with Crippen molar-refractivity contribution in [3.8, 4) is 0 Å². The van der Waals surface area contributed by atoms with Gasteiger partial charge < -0.3 is 10.3 Å². The van der Waals surface area contributed by atoms with Gasteiger partial charge in [-0.15, -0.1) is 0 Å². The summed E-state index contributed by atoms with van der Waals surface area (Å²) in [6.07, 6.45) is 2.09. The van der Waals surface area contributed by atoms with Crippen molar-refractivity contribution in [1.29, 1.82) is 0 Å². The Hall–Kier alpha value is -1.52. The molecule has 0 fully saturated rings. The Balaban J connectivity index is 1.94. The molecule has 0 aliphatic carbocycles. The van der Waals surface area contributed by atoms with E-state index in [4.69, 9.17) is 23.2 Å². The van der Waals surface area contributed by atoms with Crippen molar-refractivity contribution in [3.05, 3.63) is 56.6 Å². The van der Waals surface area contributed by atoms with Crippen LogP contribution < -0.4 is 10.9 Å². The second-order valence-corrected chi connectivity index (χ2v) is 4.55. The zero-order chi connectivity index (χ0) is 13.0. The van der Waals surface area contributed by atoms with Gasteiger partial charge in [0.2, 0.25) is 0 Å². The number of aromatic nitrogens is 2. The van der Waals surface area contributed by atoms with E-state index in [0.29, 0.717) is 22.4 Å². The summed E-state index contributed by atoms with van der Waals surface area (Å²) in [7, 11) is 0. The highest BCUT2D eigenvalue weighted by Gasteiger charge is 2.01. The van der Waals surface area contributed by atoms with Crippen molar-refractivity contribution in [2.75, 3.05) is 11.9 Å². The molecule has 1 aromatic heterocycles. The summed E-state index contributed by atoms with van der Waals surface area (Å²) in [6, 6.07) is 6.80. The first-order valence-corrected chi connectivity index (χ1v) is 6.13. The second-order valence-electron chi connectivity index (χ2n) is 3.71. The highest BCUT2D eigenvalue weighted by Crippen LogP contribution is 2.21. The van der Waals surface area contributed by atoms with Gasteiger partial charge in [-0.1, -0.05) is 29.3 Å². The van der Waals surface area contributed by atoms with E-state index in [2.05, 4.69) is 15.3 Å². The zero-order valence-corrected chi connectivity index (χ0v) is 10.9. The molecule has 0 unspecified atom stereocenters. The maximum Gasteiger partial charge on any atom is 0.252 e. The number of anilines is 1. The summed E-state index contributed by atoms with van der Waals surface area (Å²) in [5, 5.41) is 4.31. The van der Waals surface area contributed by atoms with Crippen LogP contribution in [0.25, 0.3) is 0 Å². The van der Waals surface area contributed by atoms with Crippen molar-refractivity contribution in [2.24, 2.45) is 0 Å². The van der Waals surface area contributed by atoms with Crippen molar-refractivity contribution in [3.63, 3.8) is 0 Å². The van der Waals surface area contributed by atoms with Gasteiger partial charge in [0.1, 0.15) is 5.82 Å². The first-order valence-electron chi connectivity index (χ1n) is 5.38. The SMILES string of the molecule is O=c1cc(NCCc2ccc(Cl)cc2Cl)nc[nH]1. The Morgan fingerprint density at radius 3 is 2.83 bits per heavy atom. The third-order valence-electron chi connectivity index (χ3n) is 2.39. The summed E-state index contributed by atoms with van der Waals surface area (Å²) in [5.41, 5.74) is 0.815. The number of hydrogen-bond acceptors (Lipinski definition) is 3. The van der Waals surface area contributed by atoms with Gasteiger partial charge >= 0.3 is 0 Å². The molecule has 0 bridgehead atoms. The van der Waals surface area contributed by atoms with E-state index in [1.807, 2.05) is 6.07 Å². The smallest absolute Gasteiger partial charge is 0.252 e. The highest BCUT2D eigenvalue weighted by atomic mass is 35.5. The Bertz CT molecular complexity index is 598. The standard InChI is InChI=1S/C12H11Cl2N3O/c13-9-2-1-8(10(14)5-9)3-4-15-11-6-12(18)17-7-16-11/h1-2,5-7H,3-4H2,(H2,15,16,17,18). The predicted molar refractivity (Wildman–Crippen MR) is 73.5 cm³/mol. The zero-order valence-electron chi connectivity index (χ0n) is 9.41. The van der Waals surface area contributed by atoms with E-state index in [1.165, 1.54) is 12.4 Å². The van der Waals surface area contributed by atoms with Crippen LogP contribution in [0.2, 0.25) is 10.0 Å². The molecule has 0 saturated heterocycles. The average molecular weight is 284 g/mol. The molecule has 0 aliphatic heterocycles. The quantitative estimate of drug-likeness (QED) is 0.907. The van der Waals surface area contributed by atoms with Gasteiger partial charge in [-0.3, -0.25) is 4.79 Å². The van der Waals surface area contributed by atoms with Crippen LogP contribution >= 0.6 is 23.2 Å². The minimum Gasteiger partial charge on any atom is -0.370 e. The molecule has 2 aromatic rings. The van der Waals surface area contributed by atoms with Crippen molar-refractivity contribution in [2.45, 2.75) is 6.42 Å². The van der Waals surface area contributed by atoms with E-state index < -0.39 is 0 Å². The molecule has 0 aliphatic rings. The molecule has 0 atom stereocenters. The monoisotopic (exact) mass is 283 g/mol. The molecule has 0 amide bonds. The van der Waals surface area contributed by atoms with Gasteiger partial charge in [0.15, 0.2) is 0 Å². The van der Waals surface area contributed by atoms with Crippen molar-refractivity contribution < 1.29 is 0 Å². The van der Waals surface area contributed by atoms with E-state index in [1.54, 1.807) is 12.1 Å². The molecule has 0 spiro atoms. The topological polar surface area (TPSA) is 57.8 Å². The molecule has 2 rings (SSSR count). The Kier molecular flexibility index (Phi) is 4.23. The number of aromatic amines is 1. The highest BCUT2D eigenvalue weighted by molar-refractivity contribution is 6.35. The molecule has 1 heterocycles. The third-order valence-corrected chi connectivity index (χ3v) is 2.98. The number of rotatable bonds is 4. The fourth-order valence-corrected chi connectivity index (χ4v) is 2.02. The molecule has 6 heteroatoms. The largest absolute Gasteiger partial charge is 0.370 e. The maximum absolute atomic E-state index is 11.0. The minimum absolute atomic E-state index is 0.183. The molecular weight excluding hydrogens is 273 g/mol. The van der Waals surface area contributed by atoms with E-state index in [0.717, 1.165) is 12.0 Å². The summed E-state index contributed by atoms with van der Waals surface area (Å²) in [4.78, 5) is 17.5. The molecule has 0 saturated carbocycles. The first kappa shape index (κ1) is 12.9. The molecular formula is C12H11Cl2N3O. The third kappa shape index (κ3) is 3.48. The molecule has 2 N–H and O–H groups in total. The van der Waals surface area contributed by atoms with Crippen molar-refractivity contribution >= 4 is 29.0 Å². The van der Waals surface area contributed by atoms with Crippen LogP contribution in [0.3, 0.4) is 0 Å². The number of nitrogens with one attached hydrogen (secondary N) is 2. The lowest BCUT2D eigenvalue weighted by molar-refractivity contribution is 0.994. The van der Waals surface area contributed by atoms with E-state index >= 15 is 0 Å². The number of nitrogens with zero attached hydrogens (tertiary/aromatic N) is 1. The summed E-state index contributed by atoms with van der Waals surface area (Å²) >= 11 is 11.9. The lowest BCUT2D eigenvalue weighted by Gasteiger charge is -2.06. The summed E-state index contributed by atoms with van der Waals surface area (Å²) < 4.78 is 0. The maximum atomic E-state index is 11.0. The lowest BCUT2D eigenvalue weighted by atomic mass is 10.1. The Labute approximate surface area is 114 Å². The first-order chi connectivity index (χ1) is 8.65. The number of hydrogen-bond donors (Lipinski definition) is 2. The Morgan fingerprint density at radius 1 is 1.28 bits per heavy atom. The fraction of sp³-hybridized carbons (Fsp3) is 0.167. The van der Waals surface area contributed by atoms with Crippen LogP contribution in [0.4, 0.5) is 5.82 Å². The van der Waals surface area contributed by atoms with Gasteiger partial charge in [0.05, 0.1) is 6.33 Å². The molecule has 18 heavy (non-hydrogen) atoms. The Morgan fingerprint density at radius 2 is 2.11 bits per heavy atom. The fourth-order valence-electron chi connectivity index (χ4n) is 1.51. The van der Waals surface area contributed by atoms with Crippen LogP contribution in [-0.2, 0) is 6.42 Å².